The van der Waals surface area contributed by atoms with E-state index in [0.717, 1.165) is 6.42 Å². The van der Waals surface area contributed by atoms with E-state index in [9.17, 15) is 0 Å². The average Bonchev–Trinajstić information content (AvgIpc) is 2.50. The molecule has 52 valence electrons. The smallest absolute Gasteiger partial charge is 0.159 e. The summed E-state index contributed by atoms with van der Waals surface area (Å²) in [5.41, 5.74) is 0.0508. The molecule has 0 bridgehead atoms. The van der Waals surface area contributed by atoms with Crippen LogP contribution in [0.4, 0.5) is 0 Å². The second kappa shape index (κ2) is 2.46. The second-order valence-electron chi connectivity index (χ2n) is 2.87. The van der Waals surface area contributed by atoms with Crippen LogP contribution in [0.2, 0.25) is 0 Å². The molecule has 0 amide bonds. The molecule has 2 nitrogen and oxygen atoms in total. The van der Waals surface area contributed by atoms with Gasteiger partial charge in [0.2, 0.25) is 0 Å². The fourth-order valence-electron chi connectivity index (χ4n) is 0.895. The quantitative estimate of drug-likeness (QED) is 0.517. The molecule has 0 saturated carbocycles. The molecule has 0 aromatic rings. The molecule has 0 atom stereocenters. The van der Waals surface area contributed by atoms with Gasteiger partial charge in [0, 0.05) is 0 Å². The van der Waals surface area contributed by atoms with E-state index >= 15 is 0 Å². The Bertz CT molecular complexity index is 112. The Morgan fingerprint density at radius 3 is 2.33 bits per heavy atom. The van der Waals surface area contributed by atoms with Crippen molar-refractivity contribution in [2.75, 3.05) is 0 Å². The lowest BCUT2D eigenvalue weighted by Crippen LogP contribution is -2.02. The maximum absolute atomic E-state index is 3.93. The second-order valence-corrected chi connectivity index (χ2v) is 2.87. The predicted octanol–water partition coefficient (Wildman–Crippen LogP) is 2.75. The molecule has 1 rings (SSSR count). The Kier molecular flexibility index (Phi) is 1.84. The van der Waals surface area contributed by atoms with Crippen LogP contribution in [0.5, 0.6) is 0 Å². The molecule has 0 fully saturated rings. The van der Waals surface area contributed by atoms with Gasteiger partial charge in [-0.1, -0.05) is 19.8 Å². The summed E-state index contributed by atoms with van der Waals surface area (Å²) in [4.78, 5) is 0. The van der Waals surface area contributed by atoms with Gasteiger partial charge in [0.25, 0.3) is 0 Å². The molecule has 0 radical (unpaired) electrons. The summed E-state index contributed by atoms with van der Waals surface area (Å²) >= 11 is 0. The maximum atomic E-state index is 3.93. The van der Waals surface area contributed by atoms with Gasteiger partial charge in [-0.25, -0.2) is 0 Å². The van der Waals surface area contributed by atoms with Crippen molar-refractivity contribution in [3.63, 3.8) is 0 Å². The summed E-state index contributed by atoms with van der Waals surface area (Å²) in [6.07, 6.45) is 5.04. The molecule has 2 heteroatoms. The highest BCUT2D eigenvalue weighted by Gasteiger charge is 2.32. The van der Waals surface area contributed by atoms with Gasteiger partial charge in [-0.15, -0.1) is 0 Å². The van der Waals surface area contributed by atoms with Gasteiger partial charge in [0.15, 0.2) is 5.66 Å². The van der Waals surface area contributed by atoms with Crippen molar-refractivity contribution < 1.29 is 0 Å². The Labute approximate surface area is 56.4 Å². The molecular formula is C7H14N2. The van der Waals surface area contributed by atoms with E-state index in [1.165, 1.54) is 19.3 Å². The van der Waals surface area contributed by atoms with Crippen LogP contribution in [0.15, 0.2) is 10.2 Å². The first-order valence-electron chi connectivity index (χ1n) is 3.71. The van der Waals surface area contributed by atoms with Crippen molar-refractivity contribution in [2.24, 2.45) is 10.2 Å². The summed E-state index contributed by atoms with van der Waals surface area (Å²) < 4.78 is 0. The third-order valence-corrected chi connectivity index (χ3v) is 1.70. The maximum Gasteiger partial charge on any atom is 0.188 e. The van der Waals surface area contributed by atoms with Gasteiger partial charge in [-0.3, -0.25) is 0 Å². The lowest BCUT2D eigenvalue weighted by molar-refractivity contribution is 0.545. The van der Waals surface area contributed by atoms with Gasteiger partial charge in [0.05, 0.1) is 0 Å². The highest BCUT2D eigenvalue weighted by Crippen LogP contribution is 2.32. The summed E-state index contributed by atoms with van der Waals surface area (Å²) in [5, 5.41) is 7.86. The third-order valence-electron chi connectivity index (χ3n) is 1.70. The zero-order valence-corrected chi connectivity index (χ0v) is 6.22. The first kappa shape index (κ1) is 6.72. The van der Waals surface area contributed by atoms with Crippen LogP contribution in [0.3, 0.4) is 0 Å². The number of nitrogens with zero attached hydrogens (tertiary/aromatic N) is 2. The Balaban J connectivity index is 1.93. The van der Waals surface area contributed by atoms with E-state index in [-0.39, 0.29) is 5.66 Å². The van der Waals surface area contributed by atoms with E-state index in [4.69, 9.17) is 0 Å². The Hall–Kier alpha value is -0.400. The summed E-state index contributed by atoms with van der Waals surface area (Å²) in [5.74, 6) is 0. The standard InChI is InChI=1S/C7H14N2/c1-3-4-5-6-7(2)8-9-7/h3-6H2,1-2H3. The van der Waals surface area contributed by atoms with Gasteiger partial charge in [0.1, 0.15) is 0 Å². The zero-order chi connectivity index (χ0) is 6.74. The van der Waals surface area contributed by atoms with Crippen LogP contribution in [-0.2, 0) is 0 Å². The van der Waals surface area contributed by atoms with Gasteiger partial charge in [-0.2, -0.15) is 10.2 Å². The molecular weight excluding hydrogens is 112 g/mol. The van der Waals surface area contributed by atoms with Gasteiger partial charge in [-0.05, 0) is 19.8 Å². The van der Waals surface area contributed by atoms with E-state index in [1.807, 2.05) is 0 Å². The molecule has 0 unspecified atom stereocenters. The first-order valence-corrected chi connectivity index (χ1v) is 3.71. The van der Waals surface area contributed by atoms with Crippen molar-refractivity contribution in [3.8, 4) is 0 Å². The van der Waals surface area contributed by atoms with Crippen molar-refractivity contribution >= 4 is 0 Å². The lowest BCUT2D eigenvalue weighted by Gasteiger charge is -2.00. The number of rotatable bonds is 4. The van der Waals surface area contributed by atoms with Crippen LogP contribution in [0.25, 0.3) is 0 Å². The average molecular weight is 126 g/mol. The lowest BCUT2D eigenvalue weighted by atomic mass is 10.1. The van der Waals surface area contributed by atoms with Crippen LogP contribution in [-0.4, -0.2) is 5.66 Å². The largest absolute Gasteiger partial charge is 0.188 e. The molecule has 0 aromatic heterocycles. The number of hydrogen-bond donors (Lipinski definition) is 0. The highest BCUT2D eigenvalue weighted by molar-refractivity contribution is 4.87. The Morgan fingerprint density at radius 1 is 1.22 bits per heavy atom. The summed E-state index contributed by atoms with van der Waals surface area (Å²) in [7, 11) is 0. The molecule has 1 aliphatic rings. The fourth-order valence-corrected chi connectivity index (χ4v) is 0.895. The van der Waals surface area contributed by atoms with E-state index in [1.54, 1.807) is 0 Å². The van der Waals surface area contributed by atoms with E-state index in [2.05, 4.69) is 24.1 Å². The minimum absolute atomic E-state index is 0.0508. The SMILES string of the molecule is CCCCCC1(C)N=N1. The van der Waals surface area contributed by atoms with Crippen molar-refractivity contribution in [2.45, 2.75) is 45.2 Å². The van der Waals surface area contributed by atoms with E-state index in [0.29, 0.717) is 0 Å². The van der Waals surface area contributed by atoms with Crippen LogP contribution < -0.4 is 0 Å². The normalized spacial score (nSPS) is 20.2. The molecule has 1 heterocycles. The van der Waals surface area contributed by atoms with Gasteiger partial charge >= 0.3 is 0 Å². The molecule has 0 N–H and O–H groups in total. The molecule has 0 spiro atoms. The fraction of sp³-hybridized carbons (Fsp3) is 1.00. The monoisotopic (exact) mass is 126 g/mol. The minimum Gasteiger partial charge on any atom is -0.159 e. The minimum atomic E-state index is 0.0508. The van der Waals surface area contributed by atoms with Crippen LogP contribution in [0, 0.1) is 0 Å². The molecule has 0 aromatic carbocycles. The topological polar surface area (TPSA) is 24.7 Å². The summed E-state index contributed by atoms with van der Waals surface area (Å²) in [6.45, 7) is 4.30. The van der Waals surface area contributed by atoms with E-state index < -0.39 is 0 Å². The van der Waals surface area contributed by atoms with Gasteiger partial charge < -0.3 is 0 Å². The highest BCUT2D eigenvalue weighted by atomic mass is 15.4. The molecule has 0 aliphatic carbocycles. The predicted molar refractivity (Wildman–Crippen MR) is 37.4 cm³/mol. The molecule has 0 saturated heterocycles. The van der Waals surface area contributed by atoms with Crippen molar-refractivity contribution in [1.82, 2.24) is 0 Å². The third kappa shape index (κ3) is 2.12. The zero-order valence-electron chi connectivity index (χ0n) is 6.22. The van der Waals surface area contributed by atoms with Crippen LogP contribution in [0.1, 0.15) is 39.5 Å². The molecule has 1 aliphatic heterocycles. The number of unbranched alkanes of at least 4 members (excludes halogenated alkanes) is 2. The van der Waals surface area contributed by atoms with Crippen molar-refractivity contribution in [1.29, 1.82) is 0 Å². The number of hydrogen-bond acceptors (Lipinski definition) is 2. The Morgan fingerprint density at radius 2 is 1.89 bits per heavy atom. The van der Waals surface area contributed by atoms with Crippen molar-refractivity contribution in [3.05, 3.63) is 0 Å². The summed E-state index contributed by atoms with van der Waals surface area (Å²) in [6, 6.07) is 0. The van der Waals surface area contributed by atoms with Crippen LogP contribution >= 0.6 is 0 Å². The molecule has 9 heavy (non-hydrogen) atoms. The first-order chi connectivity index (χ1) is 4.27.